The second-order valence-corrected chi connectivity index (χ2v) is 8.18. The van der Waals surface area contributed by atoms with E-state index in [9.17, 15) is 19.5 Å². The summed E-state index contributed by atoms with van der Waals surface area (Å²) in [4.78, 5) is 46.2. The van der Waals surface area contributed by atoms with Gasteiger partial charge in [0.25, 0.3) is 0 Å². The monoisotopic (exact) mass is 476 g/mol. The van der Waals surface area contributed by atoms with Gasteiger partial charge in [0.15, 0.2) is 17.8 Å². The number of aliphatic carboxylic acids is 1. The number of hydrogen-bond donors (Lipinski definition) is 6. The number of carbonyl (C=O) groups excluding carboxylic acids is 2. The van der Waals surface area contributed by atoms with Crippen LogP contribution in [0.3, 0.4) is 0 Å². The van der Waals surface area contributed by atoms with E-state index in [1.807, 2.05) is 6.07 Å². The van der Waals surface area contributed by atoms with Gasteiger partial charge in [0.2, 0.25) is 0 Å². The highest BCUT2D eigenvalue weighted by Crippen LogP contribution is 2.18. The number of Topliss-reactive ketones (excluding diaryl/α,β-unsaturated/α-hetero) is 1. The van der Waals surface area contributed by atoms with Gasteiger partial charge in [-0.25, -0.2) is 9.59 Å². The number of nitrogens with one attached hydrogen (secondary N) is 4. The summed E-state index contributed by atoms with van der Waals surface area (Å²) in [6, 6.07) is 5.07. The molecular weight excluding hydrogens is 444 g/mol. The molecular formula is C22H32N6O6. The lowest BCUT2D eigenvalue weighted by atomic mass is 9.95. The molecule has 12 heteroatoms. The van der Waals surface area contributed by atoms with E-state index in [1.165, 1.54) is 0 Å². The Bertz CT molecular complexity index is 867. The number of ketones is 1. The van der Waals surface area contributed by atoms with Gasteiger partial charge >= 0.3 is 12.1 Å². The summed E-state index contributed by atoms with van der Waals surface area (Å²) >= 11 is 0. The molecule has 0 radical (unpaired) electrons. The van der Waals surface area contributed by atoms with E-state index in [4.69, 9.17) is 15.3 Å². The Morgan fingerprint density at radius 1 is 1.26 bits per heavy atom. The second kappa shape index (κ2) is 12.9. The highest BCUT2D eigenvalue weighted by atomic mass is 16.7. The van der Waals surface area contributed by atoms with E-state index in [0.29, 0.717) is 6.42 Å². The predicted molar refractivity (Wildman–Crippen MR) is 123 cm³/mol. The number of nitrogens with two attached hydrogens (primary N) is 1. The Kier molecular flexibility index (Phi) is 9.62. The Labute approximate surface area is 197 Å². The first-order valence-electron chi connectivity index (χ1n) is 11.4. The first-order valence-corrected chi connectivity index (χ1v) is 11.4. The van der Waals surface area contributed by atoms with Gasteiger partial charge < -0.3 is 31.5 Å². The van der Waals surface area contributed by atoms with Crippen LogP contribution in [-0.4, -0.2) is 72.8 Å². The van der Waals surface area contributed by atoms with E-state index < -0.39 is 36.0 Å². The van der Waals surface area contributed by atoms with Gasteiger partial charge in [-0.1, -0.05) is 30.3 Å². The number of guanidine groups is 1. The maximum atomic E-state index is 12.8. The number of amides is 1. The van der Waals surface area contributed by atoms with Crippen molar-refractivity contribution in [3.05, 3.63) is 35.9 Å². The third kappa shape index (κ3) is 7.68. The zero-order chi connectivity index (χ0) is 24.3. The summed E-state index contributed by atoms with van der Waals surface area (Å²) in [5, 5.41) is 18.0. The third-order valence-electron chi connectivity index (χ3n) is 5.58. The number of unbranched alkanes of at least 4 members (excludes halogenated alkanes) is 1. The van der Waals surface area contributed by atoms with Crippen molar-refractivity contribution in [1.82, 2.24) is 21.4 Å². The summed E-state index contributed by atoms with van der Waals surface area (Å²) < 4.78 is 5.04. The number of benzene rings is 1. The Balaban J connectivity index is 1.39. The van der Waals surface area contributed by atoms with Crippen LogP contribution >= 0.6 is 0 Å². The number of carbonyl (C=O) groups is 3. The van der Waals surface area contributed by atoms with Crippen molar-refractivity contribution in [1.29, 1.82) is 0 Å². The molecule has 1 aromatic carbocycles. The fourth-order valence-corrected chi connectivity index (χ4v) is 3.70. The van der Waals surface area contributed by atoms with Crippen molar-refractivity contribution in [3.8, 4) is 0 Å². The molecule has 1 saturated heterocycles. The van der Waals surface area contributed by atoms with Gasteiger partial charge in [-0.05, 0) is 24.8 Å². The highest BCUT2D eigenvalue weighted by molar-refractivity contribution is 5.95. The normalized spacial score (nSPS) is 21.1. The number of nitrogens with zero attached hydrogens (tertiary/aromatic N) is 1. The van der Waals surface area contributed by atoms with Crippen LogP contribution in [0.25, 0.3) is 0 Å². The van der Waals surface area contributed by atoms with Crippen LogP contribution in [-0.2, 0) is 25.8 Å². The minimum absolute atomic E-state index is 0.0396. The van der Waals surface area contributed by atoms with Crippen LogP contribution in [0.2, 0.25) is 0 Å². The summed E-state index contributed by atoms with van der Waals surface area (Å²) in [6.45, 7) is 2.39. The molecule has 186 valence electrons. The maximum absolute atomic E-state index is 12.8. The van der Waals surface area contributed by atoms with Crippen molar-refractivity contribution in [3.63, 3.8) is 0 Å². The van der Waals surface area contributed by atoms with Crippen molar-refractivity contribution in [2.24, 2.45) is 10.7 Å². The lowest BCUT2D eigenvalue weighted by Crippen LogP contribution is -2.59. The van der Waals surface area contributed by atoms with Crippen LogP contribution in [0.4, 0.5) is 4.79 Å². The summed E-state index contributed by atoms with van der Waals surface area (Å²) in [5.41, 5.74) is 9.32. The molecule has 1 fully saturated rings. The lowest BCUT2D eigenvalue weighted by molar-refractivity contribution is -0.142. The molecule has 2 heterocycles. The van der Waals surface area contributed by atoms with Crippen molar-refractivity contribution < 1.29 is 29.1 Å². The lowest BCUT2D eigenvalue weighted by Gasteiger charge is -2.22. The molecule has 4 atom stereocenters. The van der Waals surface area contributed by atoms with Crippen LogP contribution in [0.5, 0.6) is 0 Å². The van der Waals surface area contributed by atoms with E-state index >= 15 is 0 Å². The molecule has 2 aliphatic rings. The molecule has 7 N–H and O–H groups in total. The zero-order valence-corrected chi connectivity index (χ0v) is 18.9. The number of ether oxygens (including phenoxy) is 1. The molecule has 1 unspecified atom stereocenters. The Hall–Kier alpha value is -3.22. The summed E-state index contributed by atoms with van der Waals surface area (Å²) in [7, 11) is 0. The van der Waals surface area contributed by atoms with Gasteiger partial charge in [-0.2, -0.15) is 5.48 Å². The third-order valence-corrected chi connectivity index (χ3v) is 5.58. The molecule has 1 aromatic rings. The van der Waals surface area contributed by atoms with Crippen molar-refractivity contribution in [2.45, 2.75) is 56.5 Å². The number of carboxylic acids is 1. The summed E-state index contributed by atoms with van der Waals surface area (Å²) in [5.74, 6) is -1.16. The number of hydrogen-bond acceptors (Lipinski definition) is 10. The first-order chi connectivity index (χ1) is 16.4. The molecule has 1 amide bonds. The van der Waals surface area contributed by atoms with Crippen LogP contribution in [0, 0.1) is 0 Å². The SMILES string of the molecule is NC(C(=O)[C@H]1C[C@H](CCCCNC2=NCCN2)ON1)[C@H](NC(=O)OCc1ccccc1)C(=O)O. The minimum atomic E-state index is -1.63. The predicted octanol–water partition coefficient (Wildman–Crippen LogP) is -0.356. The molecule has 34 heavy (non-hydrogen) atoms. The van der Waals surface area contributed by atoms with Gasteiger partial charge in [-0.15, -0.1) is 0 Å². The van der Waals surface area contributed by atoms with E-state index in [-0.39, 0.29) is 12.7 Å². The van der Waals surface area contributed by atoms with E-state index in [0.717, 1.165) is 50.4 Å². The second-order valence-electron chi connectivity index (χ2n) is 8.18. The first kappa shape index (κ1) is 25.4. The smallest absolute Gasteiger partial charge is 0.408 e. The van der Waals surface area contributed by atoms with Gasteiger partial charge in [0.1, 0.15) is 6.61 Å². The van der Waals surface area contributed by atoms with E-state index in [1.54, 1.807) is 24.3 Å². The summed E-state index contributed by atoms with van der Waals surface area (Å²) in [6.07, 6.45) is 1.75. The fraction of sp³-hybridized carbons (Fsp3) is 0.545. The number of carboxylic acid groups (broad SMARTS) is 1. The largest absolute Gasteiger partial charge is 0.480 e. The zero-order valence-electron chi connectivity index (χ0n) is 18.9. The van der Waals surface area contributed by atoms with Crippen LogP contribution in [0.1, 0.15) is 31.2 Å². The molecule has 3 rings (SSSR count). The van der Waals surface area contributed by atoms with Crippen LogP contribution < -0.4 is 27.2 Å². The number of aliphatic imine (C=N–C) groups is 1. The Morgan fingerprint density at radius 3 is 2.76 bits per heavy atom. The molecule has 0 bridgehead atoms. The molecule has 0 spiro atoms. The quantitative estimate of drug-likeness (QED) is 0.218. The van der Waals surface area contributed by atoms with Gasteiger partial charge in [-0.3, -0.25) is 14.6 Å². The maximum Gasteiger partial charge on any atom is 0.408 e. The number of rotatable bonds is 12. The highest BCUT2D eigenvalue weighted by Gasteiger charge is 2.39. The number of hydroxylamine groups is 1. The Morgan fingerprint density at radius 2 is 2.06 bits per heavy atom. The fourth-order valence-electron chi connectivity index (χ4n) is 3.70. The van der Waals surface area contributed by atoms with Crippen molar-refractivity contribution in [2.75, 3.05) is 19.6 Å². The minimum Gasteiger partial charge on any atom is -0.480 e. The van der Waals surface area contributed by atoms with Gasteiger partial charge in [0, 0.05) is 19.5 Å². The molecule has 2 aliphatic heterocycles. The topological polar surface area (TPSA) is 176 Å². The average Bonchev–Trinajstić information content (AvgIpc) is 3.53. The molecule has 12 nitrogen and oxygen atoms in total. The van der Waals surface area contributed by atoms with E-state index in [2.05, 4.69) is 26.4 Å². The number of alkyl carbamates (subject to hydrolysis) is 1. The standard InChI is InChI=1S/C22H32N6O6/c23-17(18(20(30)31)27-22(32)33-13-14-6-2-1-3-7-14)19(29)16-12-15(34-28-16)8-4-5-9-24-21-25-10-11-26-21/h1-3,6-7,15-18,28H,4-5,8-13,23H2,(H,27,32)(H,30,31)(H2,24,25,26)/t15-,16+,17?,18-/m0/s1. The van der Waals surface area contributed by atoms with Crippen LogP contribution in [0.15, 0.2) is 35.3 Å². The van der Waals surface area contributed by atoms with Gasteiger partial charge in [0.05, 0.1) is 24.7 Å². The molecule has 0 aliphatic carbocycles. The average molecular weight is 477 g/mol. The molecule has 0 aromatic heterocycles. The van der Waals surface area contributed by atoms with Crippen molar-refractivity contribution >= 4 is 23.8 Å². The molecule has 0 saturated carbocycles.